The number of hydrogen-bond acceptors (Lipinski definition) is 4. The minimum absolute atomic E-state index is 0.0559. The molecule has 120 valence electrons. The van der Waals surface area contributed by atoms with Gasteiger partial charge in [0.05, 0.1) is 0 Å². The molecule has 1 unspecified atom stereocenters. The van der Waals surface area contributed by atoms with Gasteiger partial charge in [-0.2, -0.15) is 0 Å². The Morgan fingerprint density at radius 2 is 2.05 bits per heavy atom. The molecule has 0 aliphatic heterocycles. The molecule has 0 radical (unpaired) electrons. The van der Waals surface area contributed by atoms with E-state index in [1.165, 1.54) is 23.9 Å². The Morgan fingerprint density at radius 1 is 1.43 bits per heavy atom. The van der Waals surface area contributed by atoms with E-state index in [0.717, 1.165) is 6.42 Å². The van der Waals surface area contributed by atoms with Crippen molar-refractivity contribution in [3.05, 3.63) is 18.0 Å². The molecule has 7 nitrogen and oxygen atoms in total. The van der Waals surface area contributed by atoms with Gasteiger partial charge in [-0.15, -0.1) is 0 Å². The molecular weight excluding hydrogens is 292 g/mol. The Morgan fingerprint density at radius 3 is 2.57 bits per heavy atom. The summed E-state index contributed by atoms with van der Waals surface area (Å²) in [6, 6.07) is 1.11. The van der Waals surface area contributed by atoms with Crippen LogP contribution in [0.2, 0.25) is 0 Å². The Hall–Kier alpha value is -1.38. The third-order valence-electron chi connectivity index (χ3n) is 3.06. The molecule has 4 N–H and O–H groups in total. The van der Waals surface area contributed by atoms with E-state index in [0.29, 0.717) is 5.92 Å². The molecule has 1 heterocycles. The number of nitrogens with two attached hydrogens (primary N) is 1. The first-order valence-electron chi connectivity index (χ1n) is 6.81. The van der Waals surface area contributed by atoms with E-state index in [1.54, 1.807) is 7.05 Å². The fourth-order valence-corrected chi connectivity index (χ4v) is 3.19. The number of nitrogens with zero attached hydrogens (tertiary/aromatic N) is 1. The van der Waals surface area contributed by atoms with Crippen LogP contribution >= 0.6 is 0 Å². The number of carbonyl (C=O) groups excluding carboxylic acids is 1. The topological polar surface area (TPSA) is 106 Å². The molecule has 1 aromatic rings. The van der Waals surface area contributed by atoms with Crippen molar-refractivity contribution in [2.24, 2.45) is 18.7 Å². The normalized spacial score (nSPS) is 13.4. The number of carbonyl (C=O) groups is 1. The predicted octanol–water partition coefficient (Wildman–Crippen LogP) is 0.0364. The summed E-state index contributed by atoms with van der Waals surface area (Å²) in [6.45, 7) is 4.23. The van der Waals surface area contributed by atoms with Crippen molar-refractivity contribution in [2.75, 3.05) is 13.6 Å². The number of hydrogen-bond donors (Lipinski definition) is 3. The van der Waals surface area contributed by atoms with Crippen molar-refractivity contribution < 1.29 is 13.2 Å². The maximum Gasteiger partial charge on any atom is 0.267 e. The average molecular weight is 316 g/mol. The van der Waals surface area contributed by atoms with Gasteiger partial charge in [0.25, 0.3) is 5.91 Å². The molecule has 1 rings (SSSR count). The van der Waals surface area contributed by atoms with Crippen LogP contribution in [0.25, 0.3) is 0 Å². The van der Waals surface area contributed by atoms with E-state index in [1.807, 2.05) is 13.8 Å². The zero-order valence-electron chi connectivity index (χ0n) is 12.9. The SMILES string of the molecule is CNC(=O)c1cc(S(=O)(=O)NCC(N)CC(C)C)cn1C. The maximum absolute atomic E-state index is 12.2. The molecule has 0 aliphatic rings. The predicted molar refractivity (Wildman–Crippen MR) is 81.4 cm³/mol. The van der Waals surface area contributed by atoms with Gasteiger partial charge in [0.2, 0.25) is 10.0 Å². The molecule has 0 aromatic carbocycles. The van der Waals surface area contributed by atoms with E-state index >= 15 is 0 Å². The Balaban J connectivity index is 2.82. The van der Waals surface area contributed by atoms with Gasteiger partial charge in [0.15, 0.2) is 0 Å². The fourth-order valence-electron chi connectivity index (χ4n) is 2.02. The Kier molecular flexibility index (Phi) is 5.94. The van der Waals surface area contributed by atoms with E-state index in [9.17, 15) is 13.2 Å². The molecule has 1 aromatic heterocycles. The zero-order valence-corrected chi connectivity index (χ0v) is 13.7. The van der Waals surface area contributed by atoms with E-state index in [2.05, 4.69) is 10.0 Å². The third-order valence-corrected chi connectivity index (χ3v) is 4.45. The highest BCUT2D eigenvalue weighted by Gasteiger charge is 2.20. The van der Waals surface area contributed by atoms with Crippen LogP contribution in [-0.2, 0) is 17.1 Å². The lowest BCUT2D eigenvalue weighted by Crippen LogP contribution is -2.37. The third kappa shape index (κ3) is 4.83. The summed E-state index contributed by atoms with van der Waals surface area (Å²) in [6.07, 6.45) is 2.14. The molecule has 1 amide bonds. The molecule has 8 heteroatoms. The van der Waals surface area contributed by atoms with E-state index in [-0.39, 0.29) is 29.1 Å². The zero-order chi connectivity index (χ0) is 16.2. The lowest BCUT2D eigenvalue weighted by molar-refractivity contribution is 0.0955. The van der Waals surface area contributed by atoms with Gasteiger partial charge in [-0.1, -0.05) is 13.8 Å². The first-order valence-corrected chi connectivity index (χ1v) is 8.29. The summed E-state index contributed by atoms with van der Waals surface area (Å²) in [5, 5.41) is 2.46. The van der Waals surface area contributed by atoms with Crippen LogP contribution < -0.4 is 15.8 Å². The first-order chi connectivity index (χ1) is 9.67. The number of sulfonamides is 1. The van der Waals surface area contributed by atoms with Crippen molar-refractivity contribution in [2.45, 2.75) is 31.2 Å². The largest absolute Gasteiger partial charge is 0.354 e. The molecule has 21 heavy (non-hydrogen) atoms. The van der Waals surface area contributed by atoms with Crippen molar-refractivity contribution in [3.63, 3.8) is 0 Å². The second-order valence-electron chi connectivity index (χ2n) is 5.49. The van der Waals surface area contributed by atoms with E-state index in [4.69, 9.17) is 5.73 Å². The highest BCUT2D eigenvalue weighted by molar-refractivity contribution is 7.89. The van der Waals surface area contributed by atoms with Crippen molar-refractivity contribution in [1.29, 1.82) is 0 Å². The van der Waals surface area contributed by atoms with Crippen LogP contribution in [-0.4, -0.2) is 38.5 Å². The van der Waals surface area contributed by atoms with Crippen LogP contribution in [0.5, 0.6) is 0 Å². The van der Waals surface area contributed by atoms with Crippen LogP contribution in [0.1, 0.15) is 30.8 Å². The lowest BCUT2D eigenvalue weighted by Gasteiger charge is -2.14. The van der Waals surface area contributed by atoms with Gasteiger partial charge in [-0.25, -0.2) is 13.1 Å². The summed E-state index contributed by atoms with van der Waals surface area (Å²) in [5.41, 5.74) is 6.15. The van der Waals surface area contributed by atoms with Crippen LogP contribution in [0.15, 0.2) is 17.2 Å². The average Bonchev–Trinajstić information content (AvgIpc) is 2.78. The maximum atomic E-state index is 12.2. The van der Waals surface area contributed by atoms with Gasteiger partial charge in [-0.05, 0) is 18.4 Å². The van der Waals surface area contributed by atoms with Gasteiger partial charge < -0.3 is 15.6 Å². The van der Waals surface area contributed by atoms with Gasteiger partial charge in [0.1, 0.15) is 10.6 Å². The Labute approximate surface area is 125 Å². The standard InChI is InChI=1S/C13H24N4O3S/c1-9(2)5-10(14)7-16-21(19,20)11-6-12(13(18)15-3)17(4)8-11/h6,8-10,16H,5,7,14H2,1-4H3,(H,15,18). The molecule has 0 spiro atoms. The number of aryl methyl sites for hydroxylation is 1. The minimum atomic E-state index is -3.67. The van der Waals surface area contributed by atoms with Crippen molar-refractivity contribution in [3.8, 4) is 0 Å². The molecular formula is C13H24N4O3S. The number of aromatic nitrogens is 1. The number of amides is 1. The molecule has 0 saturated heterocycles. The van der Waals surface area contributed by atoms with Crippen molar-refractivity contribution >= 4 is 15.9 Å². The highest BCUT2D eigenvalue weighted by atomic mass is 32.2. The molecule has 0 saturated carbocycles. The quantitative estimate of drug-likeness (QED) is 0.660. The minimum Gasteiger partial charge on any atom is -0.354 e. The van der Waals surface area contributed by atoms with Gasteiger partial charge in [-0.3, -0.25) is 4.79 Å². The highest BCUT2D eigenvalue weighted by Crippen LogP contribution is 2.13. The first kappa shape index (κ1) is 17.7. The smallest absolute Gasteiger partial charge is 0.267 e. The van der Waals surface area contributed by atoms with Crippen molar-refractivity contribution in [1.82, 2.24) is 14.6 Å². The Bertz CT molecular complexity index is 593. The van der Waals surface area contributed by atoms with Gasteiger partial charge >= 0.3 is 0 Å². The summed E-state index contributed by atoms with van der Waals surface area (Å²) < 4.78 is 28.3. The second kappa shape index (κ2) is 7.06. The second-order valence-corrected chi connectivity index (χ2v) is 7.26. The summed E-state index contributed by atoms with van der Waals surface area (Å²) in [4.78, 5) is 11.7. The molecule has 0 aliphatic carbocycles. The lowest BCUT2D eigenvalue weighted by atomic mass is 10.1. The van der Waals surface area contributed by atoms with Crippen LogP contribution in [0.3, 0.4) is 0 Å². The van der Waals surface area contributed by atoms with Crippen LogP contribution in [0.4, 0.5) is 0 Å². The van der Waals surface area contributed by atoms with E-state index < -0.39 is 10.0 Å². The summed E-state index contributed by atoms with van der Waals surface area (Å²) in [5.74, 6) is 0.0662. The molecule has 1 atom stereocenters. The number of rotatable bonds is 7. The monoisotopic (exact) mass is 316 g/mol. The summed E-state index contributed by atoms with van der Waals surface area (Å²) >= 11 is 0. The molecule has 0 fully saturated rings. The summed E-state index contributed by atoms with van der Waals surface area (Å²) in [7, 11) is -0.553. The van der Waals surface area contributed by atoms with Gasteiger partial charge in [0, 0.05) is 32.9 Å². The number of nitrogens with one attached hydrogen (secondary N) is 2. The fraction of sp³-hybridized carbons (Fsp3) is 0.615. The molecule has 0 bridgehead atoms. The van der Waals surface area contributed by atoms with Crippen LogP contribution in [0, 0.1) is 5.92 Å².